The lowest BCUT2D eigenvalue weighted by molar-refractivity contribution is -0.146. The lowest BCUT2D eigenvalue weighted by Gasteiger charge is -2.36. The molecule has 1 heterocycles. The standard InChI is InChI=1S/C18H23NO5/c1-10-6-8-18(9-7-10,17(22)23)19-16(21)15-11(2)14-12(20)4-3-5-13(14)24-15/h10H,3-9H2,1-2H3,(H,19,21)(H,22,23). The van der Waals surface area contributed by atoms with Gasteiger partial charge in [0.2, 0.25) is 0 Å². The molecule has 0 radical (unpaired) electrons. The molecule has 0 atom stereocenters. The Kier molecular flexibility index (Phi) is 4.24. The quantitative estimate of drug-likeness (QED) is 0.886. The molecular formula is C18H23NO5. The van der Waals surface area contributed by atoms with Crippen LogP contribution in [-0.2, 0) is 11.2 Å². The zero-order valence-corrected chi connectivity index (χ0v) is 14.1. The summed E-state index contributed by atoms with van der Waals surface area (Å²) in [5.41, 5.74) is -0.210. The van der Waals surface area contributed by atoms with Crippen LogP contribution in [0.1, 0.15) is 77.7 Å². The van der Waals surface area contributed by atoms with Crippen molar-refractivity contribution in [1.82, 2.24) is 5.32 Å². The van der Waals surface area contributed by atoms with Gasteiger partial charge in [0.25, 0.3) is 5.91 Å². The lowest BCUT2D eigenvalue weighted by atomic mass is 9.77. The maximum Gasteiger partial charge on any atom is 0.329 e. The Labute approximate surface area is 140 Å². The first kappa shape index (κ1) is 16.7. The third-order valence-electron chi connectivity index (χ3n) is 5.40. The summed E-state index contributed by atoms with van der Waals surface area (Å²) in [5.74, 6) is -0.454. The fraction of sp³-hybridized carbons (Fsp3) is 0.611. The number of furan rings is 1. The number of carbonyl (C=O) groups is 3. The summed E-state index contributed by atoms with van der Waals surface area (Å²) in [6.45, 7) is 3.78. The van der Waals surface area contributed by atoms with Crippen molar-refractivity contribution in [3.63, 3.8) is 0 Å². The Morgan fingerprint density at radius 3 is 2.50 bits per heavy atom. The molecule has 0 aliphatic heterocycles. The molecule has 2 N–H and O–H groups in total. The van der Waals surface area contributed by atoms with E-state index in [4.69, 9.17) is 4.42 Å². The number of carbonyl (C=O) groups excluding carboxylic acids is 2. The fourth-order valence-corrected chi connectivity index (χ4v) is 3.79. The molecule has 1 aromatic rings. The fourth-order valence-electron chi connectivity index (χ4n) is 3.79. The van der Waals surface area contributed by atoms with Crippen LogP contribution in [0.25, 0.3) is 0 Å². The predicted molar refractivity (Wildman–Crippen MR) is 86.2 cm³/mol. The monoisotopic (exact) mass is 333 g/mol. The molecule has 1 amide bonds. The maximum absolute atomic E-state index is 12.7. The summed E-state index contributed by atoms with van der Waals surface area (Å²) >= 11 is 0. The Hall–Kier alpha value is -2.11. The number of amides is 1. The zero-order chi connectivity index (χ0) is 17.5. The summed E-state index contributed by atoms with van der Waals surface area (Å²) in [6.07, 6.45) is 4.16. The highest BCUT2D eigenvalue weighted by Gasteiger charge is 2.43. The Bertz CT molecular complexity index is 695. The van der Waals surface area contributed by atoms with Gasteiger partial charge in [0.15, 0.2) is 11.5 Å². The third-order valence-corrected chi connectivity index (χ3v) is 5.40. The van der Waals surface area contributed by atoms with Gasteiger partial charge in [-0.05, 0) is 44.9 Å². The first-order chi connectivity index (χ1) is 11.3. The van der Waals surface area contributed by atoms with Gasteiger partial charge in [0.05, 0.1) is 5.56 Å². The van der Waals surface area contributed by atoms with E-state index in [1.54, 1.807) is 6.92 Å². The lowest BCUT2D eigenvalue weighted by Crippen LogP contribution is -2.56. The molecule has 6 heteroatoms. The van der Waals surface area contributed by atoms with Crippen LogP contribution in [0.3, 0.4) is 0 Å². The molecule has 1 aromatic heterocycles. The molecule has 2 aliphatic rings. The number of hydrogen-bond acceptors (Lipinski definition) is 4. The number of hydrogen-bond donors (Lipinski definition) is 2. The minimum absolute atomic E-state index is 0.00371. The zero-order valence-electron chi connectivity index (χ0n) is 14.1. The number of Topliss-reactive ketones (excluding diaryl/α,β-unsaturated/α-hetero) is 1. The molecule has 6 nitrogen and oxygen atoms in total. The second-order valence-corrected chi connectivity index (χ2v) is 7.15. The SMILES string of the molecule is Cc1c(C(=O)NC2(C(=O)O)CCC(C)CC2)oc2c1C(=O)CCC2. The second kappa shape index (κ2) is 6.07. The van der Waals surface area contributed by atoms with Crippen LogP contribution in [0.2, 0.25) is 0 Å². The first-order valence-electron chi connectivity index (χ1n) is 8.55. The van der Waals surface area contributed by atoms with Gasteiger partial charge in [-0.1, -0.05) is 6.92 Å². The summed E-state index contributed by atoms with van der Waals surface area (Å²) in [4.78, 5) is 36.5. The highest BCUT2D eigenvalue weighted by atomic mass is 16.4. The van der Waals surface area contributed by atoms with E-state index in [1.807, 2.05) is 0 Å². The van der Waals surface area contributed by atoms with E-state index >= 15 is 0 Å². The summed E-state index contributed by atoms with van der Waals surface area (Å²) in [6, 6.07) is 0. The molecule has 0 saturated heterocycles. The van der Waals surface area contributed by atoms with Gasteiger partial charge >= 0.3 is 5.97 Å². The molecule has 130 valence electrons. The van der Waals surface area contributed by atoms with Crippen LogP contribution in [0.5, 0.6) is 0 Å². The van der Waals surface area contributed by atoms with Crippen molar-refractivity contribution >= 4 is 17.7 Å². The third kappa shape index (κ3) is 2.74. The number of nitrogens with one attached hydrogen (secondary N) is 1. The average Bonchev–Trinajstić information content (AvgIpc) is 2.88. The molecule has 0 unspecified atom stereocenters. The van der Waals surface area contributed by atoms with Crippen molar-refractivity contribution in [3.05, 3.63) is 22.6 Å². The van der Waals surface area contributed by atoms with E-state index in [0.717, 1.165) is 19.3 Å². The molecule has 1 saturated carbocycles. The Balaban J connectivity index is 1.87. The van der Waals surface area contributed by atoms with Gasteiger partial charge in [-0.2, -0.15) is 0 Å². The molecule has 0 bridgehead atoms. The van der Waals surface area contributed by atoms with Crippen molar-refractivity contribution in [1.29, 1.82) is 0 Å². The molecule has 0 spiro atoms. The normalized spacial score (nSPS) is 26.8. The molecule has 0 aromatic carbocycles. The van der Waals surface area contributed by atoms with Crippen LogP contribution in [0.15, 0.2) is 4.42 Å². The van der Waals surface area contributed by atoms with E-state index in [9.17, 15) is 19.5 Å². The Morgan fingerprint density at radius 1 is 1.25 bits per heavy atom. The summed E-state index contributed by atoms with van der Waals surface area (Å²) in [5, 5.41) is 12.3. The molecule has 2 aliphatic carbocycles. The van der Waals surface area contributed by atoms with Crippen LogP contribution >= 0.6 is 0 Å². The van der Waals surface area contributed by atoms with Crippen molar-refractivity contribution in [2.24, 2.45) is 5.92 Å². The van der Waals surface area contributed by atoms with E-state index in [2.05, 4.69) is 12.2 Å². The summed E-state index contributed by atoms with van der Waals surface area (Å²) in [7, 11) is 0. The predicted octanol–water partition coefficient (Wildman–Crippen LogP) is 2.87. The van der Waals surface area contributed by atoms with Gasteiger partial charge in [-0.3, -0.25) is 9.59 Å². The number of rotatable bonds is 3. The Morgan fingerprint density at radius 2 is 1.92 bits per heavy atom. The first-order valence-corrected chi connectivity index (χ1v) is 8.55. The topological polar surface area (TPSA) is 96.6 Å². The largest absolute Gasteiger partial charge is 0.480 e. The van der Waals surface area contributed by atoms with Gasteiger partial charge in [-0.15, -0.1) is 0 Å². The van der Waals surface area contributed by atoms with Crippen LogP contribution in [0.4, 0.5) is 0 Å². The number of carboxylic acids is 1. The van der Waals surface area contributed by atoms with E-state index < -0.39 is 17.4 Å². The number of aliphatic carboxylic acids is 1. The minimum Gasteiger partial charge on any atom is -0.480 e. The van der Waals surface area contributed by atoms with E-state index in [-0.39, 0.29) is 11.5 Å². The van der Waals surface area contributed by atoms with Gasteiger partial charge < -0.3 is 14.8 Å². The van der Waals surface area contributed by atoms with Crippen molar-refractivity contribution in [2.75, 3.05) is 0 Å². The van der Waals surface area contributed by atoms with Gasteiger partial charge in [0.1, 0.15) is 11.3 Å². The van der Waals surface area contributed by atoms with Crippen molar-refractivity contribution < 1.29 is 23.9 Å². The summed E-state index contributed by atoms with van der Waals surface area (Å²) < 4.78 is 5.63. The van der Waals surface area contributed by atoms with Gasteiger partial charge in [0, 0.05) is 18.4 Å². The second-order valence-electron chi connectivity index (χ2n) is 7.15. The molecular weight excluding hydrogens is 310 g/mol. The van der Waals surface area contributed by atoms with Crippen molar-refractivity contribution in [3.8, 4) is 0 Å². The number of fused-ring (bicyclic) bond motifs is 1. The van der Waals surface area contributed by atoms with Crippen molar-refractivity contribution in [2.45, 2.75) is 64.3 Å². The van der Waals surface area contributed by atoms with Crippen LogP contribution < -0.4 is 5.32 Å². The van der Waals surface area contributed by atoms with Crippen LogP contribution in [0, 0.1) is 12.8 Å². The highest BCUT2D eigenvalue weighted by Crippen LogP contribution is 2.34. The van der Waals surface area contributed by atoms with Crippen LogP contribution in [-0.4, -0.2) is 28.3 Å². The number of carboxylic acid groups (broad SMARTS) is 1. The smallest absolute Gasteiger partial charge is 0.329 e. The van der Waals surface area contributed by atoms with Gasteiger partial charge in [-0.25, -0.2) is 4.79 Å². The molecule has 1 fully saturated rings. The number of ketones is 1. The maximum atomic E-state index is 12.7. The van der Waals surface area contributed by atoms with E-state index in [1.165, 1.54) is 0 Å². The number of aryl methyl sites for hydroxylation is 1. The highest BCUT2D eigenvalue weighted by molar-refractivity contribution is 6.04. The molecule has 24 heavy (non-hydrogen) atoms. The van der Waals surface area contributed by atoms with E-state index in [0.29, 0.717) is 48.5 Å². The molecule has 3 rings (SSSR count). The minimum atomic E-state index is -1.24. The average molecular weight is 333 g/mol.